The molecular formula is C17H21N5O3. The Morgan fingerprint density at radius 1 is 1.40 bits per heavy atom. The molecule has 1 aliphatic heterocycles. The molecule has 2 aromatic rings. The number of hydrogen-bond donors (Lipinski definition) is 1. The van der Waals surface area contributed by atoms with Gasteiger partial charge >= 0.3 is 0 Å². The van der Waals surface area contributed by atoms with E-state index in [1.54, 1.807) is 19.1 Å². The van der Waals surface area contributed by atoms with Gasteiger partial charge in [0.25, 0.3) is 11.6 Å². The highest BCUT2D eigenvalue weighted by atomic mass is 16.6. The van der Waals surface area contributed by atoms with Crippen LogP contribution in [0.15, 0.2) is 18.2 Å². The second kappa shape index (κ2) is 6.62. The molecule has 1 aromatic carbocycles. The number of rotatable bonds is 4. The maximum atomic E-state index is 12.7. The fraction of sp³-hybridized carbons (Fsp3) is 0.471. The highest BCUT2D eigenvalue weighted by Gasteiger charge is 2.28. The number of benzene rings is 1. The Morgan fingerprint density at radius 2 is 2.16 bits per heavy atom. The number of aryl methyl sites for hydroxylation is 2. The molecule has 2 heterocycles. The van der Waals surface area contributed by atoms with Gasteiger partial charge in [-0.05, 0) is 18.9 Å². The van der Waals surface area contributed by atoms with Gasteiger partial charge in [-0.25, -0.2) is 0 Å². The van der Waals surface area contributed by atoms with Gasteiger partial charge in [0.2, 0.25) is 0 Å². The van der Waals surface area contributed by atoms with Crippen LogP contribution in [0.4, 0.5) is 5.69 Å². The molecule has 1 amide bonds. The van der Waals surface area contributed by atoms with E-state index in [-0.39, 0.29) is 23.2 Å². The van der Waals surface area contributed by atoms with Crippen molar-refractivity contribution in [1.82, 2.24) is 20.1 Å². The molecular weight excluding hydrogens is 322 g/mol. The Kier molecular flexibility index (Phi) is 4.52. The van der Waals surface area contributed by atoms with E-state index in [9.17, 15) is 14.9 Å². The molecule has 0 bridgehead atoms. The van der Waals surface area contributed by atoms with Crippen LogP contribution in [0, 0.1) is 17.0 Å². The lowest BCUT2D eigenvalue weighted by Crippen LogP contribution is -2.41. The van der Waals surface area contributed by atoms with Gasteiger partial charge in [0.15, 0.2) is 0 Å². The summed E-state index contributed by atoms with van der Waals surface area (Å²) in [7, 11) is 0. The molecule has 1 atom stereocenters. The monoisotopic (exact) mass is 343 g/mol. The molecule has 0 fully saturated rings. The minimum atomic E-state index is -0.516. The van der Waals surface area contributed by atoms with Crippen molar-refractivity contribution in [3.8, 4) is 0 Å². The number of amides is 1. The fourth-order valence-electron chi connectivity index (χ4n) is 3.25. The lowest BCUT2D eigenvalue weighted by Gasteiger charge is -2.26. The lowest BCUT2D eigenvalue weighted by atomic mass is 10.0. The number of nitro groups is 1. The zero-order valence-corrected chi connectivity index (χ0v) is 14.5. The van der Waals surface area contributed by atoms with Gasteiger partial charge < -0.3 is 9.88 Å². The summed E-state index contributed by atoms with van der Waals surface area (Å²) in [5.41, 5.74) is 0.558. The van der Waals surface area contributed by atoms with Crippen LogP contribution >= 0.6 is 0 Å². The average molecular weight is 343 g/mol. The largest absolute Gasteiger partial charge is 0.347 e. The molecule has 8 heteroatoms. The zero-order valence-electron chi connectivity index (χ0n) is 14.5. The van der Waals surface area contributed by atoms with Crippen LogP contribution in [-0.2, 0) is 13.0 Å². The SMILES string of the molecule is Cc1cccc([N+](=O)[O-])c1C(=O)N[C@@H]1CCc2nnc(C(C)C)n2C1. The Hall–Kier alpha value is -2.77. The van der Waals surface area contributed by atoms with E-state index in [0.717, 1.165) is 24.5 Å². The normalized spacial score (nSPS) is 16.6. The van der Waals surface area contributed by atoms with Crippen molar-refractivity contribution in [2.45, 2.75) is 52.1 Å². The maximum absolute atomic E-state index is 12.7. The second-order valence-electron chi connectivity index (χ2n) is 6.67. The summed E-state index contributed by atoms with van der Waals surface area (Å²) < 4.78 is 2.05. The third-order valence-electron chi connectivity index (χ3n) is 4.50. The number of nitrogens with zero attached hydrogens (tertiary/aromatic N) is 4. The molecule has 0 saturated heterocycles. The van der Waals surface area contributed by atoms with Crippen LogP contribution in [-0.4, -0.2) is 31.6 Å². The number of hydrogen-bond acceptors (Lipinski definition) is 5. The van der Waals surface area contributed by atoms with Gasteiger partial charge in [0.05, 0.1) is 4.92 Å². The van der Waals surface area contributed by atoms with E-state index in [1.165, 1.54) is 6.07 Å². The molecule has 0 spiro atoms. The molecule has 0 radical (unpaired) electrons. The van der Waals surface area contributed by atoms with Crippen molar-refractivity contribution in [3.05, 3.63) is 51.1 Å². The molecule has 25 heavy (non-hydrogen) atoms. The molecule has 132 valence electrons. The summed E-state index contributed by atoms with van der Waals surface area (Å²) >= 11 is 0. The Bertz CT molecular complexity index is 828. The quantitative estimate of drug-likeness (QED) is 0.678. The van der Waals surface area contributed by atoms with Crippen LogP contribution < -0.4 is 5.32 Å². The summed E-state index contributed by atoms with van der Waals surface area (Å²) in [6.07, 6.45) is 1.46. The van der Waals surface area contributed by atoms with E-state index in [4.69, 9.17) is 0 Å². The summed E-state index contributed by atoms with van der Waals surface area (Å²) in [6.45, 7) is 6.39. The Balaban J connectivity index is 1.81. The van der Waals surface area contributed by atoms with Crippen LogP contribution in [0.5, 0.6) is 0 Å². The van der Waals surface area contributed by atoms with Gasteiger partial charge in [-0.3, -0.25) is 14.9 Å². The molecule has 0 saturated carbocycles. The third-order valence-corrected chi connectivity index (χ3v) is 4.50. The predicted octanol–water partition coefficient (Wildman–Crippen LogP) is 2.36. The van der Waals surface area contributed by atoms with Gasteiger partial charge in [0, 0.05) is 31.0 Å². The number of carbonyl (C=O) groups is 1. The van der Waals surface area contributed by atoms with Gasteiger partial charge in [-0.2, -0.15) is 0 Å². The van der Waals surface area contributed by atoms with Crippen LogP contribution in [0.25, 0.3) is 0 Å². The number of nitrogens with one attached hydrogen (secondary N) is 1. The molecule has 0 unspecified atom stereocenters. The number of nitro benzene ring substituents is 1. The van der Waals surface area contributed by atoms with Crippen molar-refractivity contribution >= 4 is 11.6 Å². The van der Waals surface area contributed by atoms with Gasteiger partial charge in [-0.1, -0.05) is 26.0 Å². The number of carbonyl (C=O) groups excluding carboxylic acids is 1. The van der Waals surface area contributed by atoms with Crippen LogP contribution in [0.1, 0.15) is 53.8 Å². The third kappa shape index (κ3) is 3.24. The lowest BCUT2D eigenvalue weighted by molar-refractivity contribution is -0.385. The molecule has 1 N–H and O–H groups in total. The van der Waals surface area contributed by atoms with Gasteiger partial charge in [-0.15, -0.1) is 10.2 Å². The average Bonchev–Trinajstić information content (AvgIpc) is 2.97. The van der Waals surface area contributed by atoms with E-state index in [2.05, 4.69) is 29.4 Å². The predicted molar refractivity (Wildman–Crippen MR) is 91.5 cm³/mol. The molecule has 1 aromatic heterocycles. The summed E-state index contributed by atoms with van der Waals surface area (Å²) in [6, 6.07) is 4.55. The first-order valence-corrected chi connectivity index (χ1v) is 8.35. The van der Waals surface area contributed by atoms with Crippen LogP contribution in [0.2, 0.25) is 0 Å². The minimum absolute atomic E-state index is 0.104. The first-order valence-electron chi connectivity index (χ1n) is 8.35. The molecule has 8 nitrogen and oxygen atoms in total. The summed E-state index contributed by atoms with van der Waals surface area (Å²) in [5.74, 6) is 1.66. The second-order valence-corrected chi connectivity index (χ2v) is 6.67. The standard InChI is InChI=1S/C17H21N5O3/c1-10(2)16-20-19-14-8-7-12(9-21(14)16)18-17(23)15-11(3)5-4-6-13(15)22(24)25/h4-6,10,12H,7-9H2,1-3H3,(H,18,23)/t12-/m1/s1. The van der Waals surface area contributed by atoms with Crippen LogP contribution in [0.3, 0.4) is 0 Å². The smallest absolute Gasteiger partial charge is 0.282 e. The molecule has 0 aliphatic carbocycles. The molecule has 1 aliphatic rings. The van der Waals surface area contributed by atoms with E-state index >= 15 is 0 Å². The van der Waals surface area contributed by atoms with Crippen molar-refractivity contribution in [2.24, 2.45) is 0 Å². The minimum Gasteiger partial charge on any atom is -0.347 e. The Labute approximate surface area is 145 Å². The van der Waals surface area contributed by atoms with Crippen molar-refractivity contribution in [1.29, 1.82) is 0 Å². The summed E-state index contributed by atoms with van der Waals surface area (Å²) in [5, 5.41) is 22.6. The van der Waals surface area contributed by atoms with Crippen molar-refractivity contribution < 1.29 is 9.72 Å². The molecule has 3 rings (SSSR count). The van der Waals surface area contributed by atoms with Crippen molar-refractivity contribution in [2.75, 3.05) is 0 Å². The highest BCUT2D eigenvalue weighted by molar-refractivity contribution is 5.99. The zero-order chi connectivity index (χ0) is 18.1. The number of fused-ring (bicyclic) bond motifs is 1. The first-order chi connectivity index (χ1) is 11.9. The summed E-state index contributed by atoms with van der Waals surface area (Å²) in [4.78, 5) is 23.4. The highest BCUT2D eigenvalue weighted by Crippen LogP contribution is 2.24. The Morgan fingerprint density at radius 3 is 2.84 bits per heavy atom. The van der Waals surface area contributed by atoms with E-state index in [0.29, 0.717) is 12.1 Å². The fourth-order valence-corrected chi connectivity index (χ4v) is 3.25. The van der Waals surface area contributed by atoms with E-state index < -0.39 is 10.8 Å². The number of aromatic nitrogens is 3. The maximum Gasteiger partial charge on any atom is 0.282 e. The van der Waals surface area contributed by atoms with E-state index in [1.807, 2.05) is 4.57 Å². The van der Waals surface area contributed by atoms with Crippen molar-refractivity contribution in [3.63, 3.8) is 0 Å². The van der Waals surface area contributed by atoms with Gasteiger partial charge in [0.1, 0.15) is 17.2 Å². The first kappa shape index (κ1) is 17.1. The topological polar surface area (TPSA) is 103 Å².